The molecule has 1 aliphatic rings. The molecule has 1 aromatic heterocycles. The minimum atomic E-state index is -1.04. The normalized spacial score (nSPS) is 13.3. The van der Waals surface area contributed by atoms with E-state index in [0.717, 1.165) is 82.5 Å². The summed E-state index contributed by atoms with van der Waals surface area (Å²) in [4.78, 5) is 4.26. The summed E-state index contributed by atoms with van der Waals surface area (Å²) >= 11 is 1.69. The van der Waals surface area contributed by atoms with Crippen LogP contribution >= 0.6 is 11.3 Å². The van der Waals surface area contributed by atoms with Gasteiger partial charge in [0.2, 0.25) is 0 Å². The molecule has 10 aromatic rings. The third-order valence-corrected chi connectivity index (χ3v) is 13.2. The monoisotopic (exact) mass is 799 g/mol. The van der Waals surface area contributed by atoms with Gasteiger partial charge in [-0.3, -0.25) is 0 Å². The molecule has 0 atom stereocenters. The summed E-state index contributed by atoms with van der Waals surface area (Å²) in [6.07, 6.45) is 0. The fraction of sp³-hybridized carbons (Fsp3) is 0.0169. The molecular formula is C59H41NS. The van der Waals surface area contributed by atoms with Gasteiger partial charge in [0, 0.05) is 32.4 Å². The Morgan fingerprint density at radius 3 is 1.18 bits per heavy atom. The van der Waals surface area contributed by atoms with Gasteiger partial charge in [0.15, 0.2) is 0 Å². The molecule has 288 valence electrons. The quantitative estimate of drug-likeness (QED) is 0.141. The van der Waals surface area contributed by atoms with Gasteiger partial charge in [-0.1, -0.05) is 212 Å². The van der Waals surface area contributed by atoms with E-state index in [1.807, 2.05) is 66.7 Å². The van der Waals surface area contributed by atoms with Crippen LogP contribution < -0.4 is 4.90 Å². The highest BCUT2D eigenvalue weighted by Crippen LogP contribution is 2.64. The lowest BCUT2D eigenvalue weighted by Crippen LogP contribution is -2.28. The van der Waals surface area contributed by atoms with Gasteiger partial charge in [0.05, 0.1) is 10.9 Å². The smallest absolute Gasteiger partial charge is 0.0728 e. The van der Waals surface area contributed by atoms with Crippen LogP contribution in [0.1, 0.15) is 27.7 Å². The van der Waals surface area contributed by atoms with Crippen molar-refractivity contribution < 1.29 is 5.48 Å². The van der Waals surface area contributed by atoms with Crippen LogP contribution in [-0.2, 0) is 5.41 Å². The van der Waals surface area contributed by atoms with Gasteiger partial charge >= 0.3 is 0 Å². The molecule has 0 saturated heterocycles. The highest BCUT2D eigenvalue weighted by atomic mass is 32.1. The van der Waals surface area contributed by atoms with E-state index in [1.54, 1.807) is 11.3 Å². The van der Waals surface area contributed by atoms with Crippen molar-refractivity contribution in [2.24, 2.45) is 0 Å². The number of hydrogen-bond donors (Lipinski definition) is 0. The second-order valence-electron chi connectivity index (χ2n) is 15.3. The molecule has 1 nitrogen and oxygen atoms in total. The first-order chi connectivity index (χ1) is 31.9. The van der Waals surface area contributed by atoms with Crippen molar-refractivity contribution in [2.75, 3.05) is 4.90 Å². The average molecular weight is 800 g/mol. The van der Waals surface area contributed by atoms with Crippen molar-refractivity contribution in [2.45, 2.75) is 5.41 Å². The molecule has 0 saturated carbocycles. The molecule has 0 radical (unpaired) electrons. The standard InChI is InChI=1S/C59H41NS/c1-6-18-42(19-7-1)44-30-36-50(37-31-44)60(51-38-32-45(33-39-51)43-20-8-2-9-21-43)52-40-34-47(35-41-52)57-55-53-28-16-17-29-54(53)59(48-24-12-4-13-25-48,49-26-14-5-15-27-49)56(55)58(61-57)46-22-10-3-11-23-46/h1-41H/i16D,17D,28D,29D. The van der Waals surface area contributed by atoms with E-state index in [2.05, 4.69) is 163 Å². The molecule has 1 heterocycles. The summed E-state index contributed by atoms with van der Waals surface area (Å²) < 4.78 is 37.5. The number of fused-ring (bicyclic) bond motifs is 3. The number of benzene rings is 9. The molecular weight excluding hydrogens is 755 g/mol. The third-order valence-electron chi connectivity index (χ3n) is 11.9. The van der Waals surface area contributed by atoms with Crippen molar-refractivity contribution in [3.63, 3.8) is 0 Å². The van der Waals surface area contributed by atoms with Gasteiger partial charge in [-0.25, -0.2) is 0 Å². The van der Waals surface area contributed by atoms with E-state index < -0.39 is 5.41 Å². The Balaban J connectivity index is 1.12. The van der Waals surface area contributed by atoms with Crippen LogP contribution in [0.4, 0.5) is 17.1 Å². The van der Waals surface area contributed by atoms with Gasteiger partial charge in [0.25, 0.3) is 0 Å². The SMILES string of the molecule is [2H]c1c([2H])c([2H])c2c(c1[2H])-c1c(-c3ccc(N(c4ccc(-c5ccccc5)cc4)c4ccc(-c5ccccc5)cc4)cc3)sc(-c3ccccc3)c1C2(c1ccccc1)c1ccccc1. The van der Waals surface area contributed by atoms with Crippen molar-refractivity contribution in [1.82, 2.24) is 0 Å². The number of rotatable bonds is 9. The third kappa shape index (κ3) is 6.32. The Hall–Kier alpha value is -7.52. The van der Waals surface area contributed by atoms with E-state index in [0.29, 0.717) is 11.1 Å². The van der Waals surface area contributed by atoms with Gasteiger partial charge in [-0.2, -0.15) is 0 Å². The molecule has 0 bridgehead atoms. The van der Waals surface area contributed by atoms with Gasteiger partial charge in [0.1, 0.15) is 0 Å². The van der Waals surface area contributed by atoms with Crippen molar-refractivity contribution in [3.05, 3.63) is 271 Å². The van der Waals surface area contributed by atoms with Crippen LogP contribution in [-0.4, -0.2) is 0 Å². The fourth-order valence-electron chi connectivity index (χ4n) is 9.13. The zero-order valence-electron chi connectivity index (χ0n) is 37.2. The van der Waals surface area contributed by atoms with Crippen molar-refractivity contribution in [1.29, 1.82) is 0 Å². The first-order valence-corrected chi connectivity index (χ1v) is 21.4. The first-order valence-electron chi connectivity index (χ1n) is 22.6. The fourth-order valence-corrected chi connectivity index (χ4v) is 10.5. The lowest BCUT2D eigenvalue weighted by molar-refractivity contribution is 0.773. The van der Waals surface area contributed by atoms with E-state index in [1.165, 1.54) is 0 Å². The zero-order chi connectivity index (χ0) is 44.1. The van der Waals surface area contributed by atoms with Crippen molar-refractivity contribution >= 4 is 28.4 Å². The predicted octanol–water partition coefficient (Wildman–Crippen LogP) is 16.2. The molecule has 0 N–H and O–H groups in total. The van der Waals surface area contributed by atoms with E-state index in [-0.39, 0.29) is 24.2 Å². The maximum atomic E-state index is 9.70. The maximum Gasteiger partial charge on any atom is 0.0728 e. The van der Waals surface area contributed by atoms with E-state index >= 15 is 0 Å². The molecule has 61 heavy (non-hydrogen) atoms. The molecule has 0 aliphatic heterocycles. The summed E-state index contributed by atoms with van der Waals surface area (Å²) in [5.74, 6) is 0. The summed E-state index contributed by atoms with van der Waals surface area (Å²) in [5.41, 5.74) is 13.4. The minimum Gasteiger partial charge on any atom is -0.311 e. The van der Waals surface area contributed by atoms with Gasteiger partial charge in [-0.05, 0) is 97.6 Å². The minimum absolute atomic E-state index is 0.0255. The number of nitrogens with zero attached hydrogens (tertiary/aromatic N) is 1. The predicted molar refractivity (Wildman–Crippen MR) is 258 cm³/mol. The van der Waals surface area contributed by atoms with Crippen LogP contribution in [0.25, 0.3) is 54.3 Å². The molecule has 2 heteroatoms. The highest BCUT2D eigenvalue weighted by Gasteiger charge is 2.49. The van der Waals surface area contributed by atoms with E-state index in [9.17, 15) is 2.74 Å². The Bertz CT molecular complexity index is 3180. The Morgan fingerprint density at radius 2 is 0.721 bits per heavy atom. The first kappa shape index (κ1) is 32.3. The average Bonchev–Trinajstić information content (AvgIpc) is 3.92. The molecule has 11 rings (SSSR count). The second kappa shape index (κ2) is 15.6. The molecule has 0 unspecified atom stereocenters. The summed E-state index contributed by atoms with van der Waals surface area (Å²) in [6, 6.07) is 77.2. The lowest BCUT2D eigenvalue weighted by atomic mass is 9.67. The largest absolute Gasteiger partial charge is 0.311 e. The maximum absolute atomic E-state index is 9.70. The Kier molecular flexibility index (Phi) is 8.26. The Morgan fingerprint density at radius 1 is 0.361 bits per heavy atom. The highest BCUT2D eigenvalue weighted by molar-refractivity contribution is 7.19. The molecule has 0 fully saturated rings. The van der Waals surface area contributed by atoms with Crippen LogP contribution in [0.15, 0.2) is 249 Å². The van der Waals surface area contributed by atoms with Crippen LogP contribution in [0, 0.1) is 0 Å². The number of anilines is 3. The summed E-state index contributed by atoms with van der Waals surface area (Å²) in [6.45, 7) is 0. The molecule has 0 spiro atoms. The number of thiophene rings is 1. The molecule has 1 aliphatic carbocycles. The van der Waals surface area contributed by atoms with Crippen molar-refractivity contribution in [3.8, 4) is 54.3 Å². The molecule has 0 amide bonds. The molecule has 9 aromatic carbocycles. The second-order valence-corrected chi connectivity index (χ2v) is 16.3. The van der Waals surface area contributed by atoms with Crippen LogP contribution in [0.5, 0.6) is 0 Å². The number of hydrogen-bond acceptors (Lipinski definition) is 2. The topological polar surface area (TPSA) is 3.24 Å². The summed E-state index contributed by atoms with van der Waals surface area (Å²) in [5, 5.41) is 0. The van der Waals surface area contributed by atoms with Gasteiger partial charge < -0.3 is 4.90 Å². The summed E-state index contributed by atoms with van der Waals surface area (Å²) in [7, 11) is 0. The van der Waals surface area contributed by atoms with E-state index in [4.69, 9.17) is 2.74 Å². The zero-order valence-corrected chi connectivity index (χ0v) is 34.0. The Labute approximate surface area is 367 Å². The van der Waals surface area contributed by atoms with Crippen LogP contribution in [0.3, 0.4) is 0 Å². The van der Waals surface area contributed by atoms with Gasteiger partial charge in [-0.15, -0.1) is 11.3 Å². The van der Waals surface area contributed by atoms with Crippen LogP contribution in [0.2, 0.25) is 0 Å². The lowest BCUT2D eigenvalue weighted by Gasteiger charge is -2.34.